The highest BCUT2D eigenvalue weighted by Gasteiger charge is 2.20. The fourth-order valence-electron chi connectivity index (χ4n) is 3.01. The molecule has 1 aliphatic rings. The van der Waals surface area contributed by atoms with Crippen molar-refractivity contribution in [2.24, 2.45) is 4.99 Å². The molecular weight excluding hydrogens is 330 g/mol. The summed E-state index contributed by atoms with van der Waals surface area (Å²) in [5, 5.41) is 7.41. The molecule has 0 aliphatic carbocycles. The van der Waals surface area contributed by atoms with Crippen LogP contribution >= 0.6 is 0 Å². The van der Waals surface area contributed by atoms with Crippen LogP contribution in [0.1, 0.15) is 12.6 Å². The number of aliphatic imine (C=N–C) groups is 1. The van der Waals surface area contributed by atoms with Gasteiger partial charge in [0, 0.05) is 45.8 Å². The van der Waals surface area contributed by atoms with Crippen molar-refractivity contribution in [1.29, 1.82) is 0 Å². The van der Waals surface area contributed by atoms with Gasteiger partial charge in [0.05, 0.1) is 12.2 Å². The van der Waals surface area contributed by atoms with Gasteiger partial charge in [-0.2, -0.15) is 0 Å². The zero-order valence-electron chi connectivity index (χ0n) is 15.5. The Morgan fingerprint density at radius 2 is 2.00 bits per heavy atom. The van der Waals surface area contributed by atoms with Gasteiger partial charge in [0.15, 0.2) is 5.96 Å². The standard InChI is InChI=1S/C19H27N5O2/c1-16(26-18-6-4-3-5-7-18)14-21-19(20-2)24-11-9-23(10-12-24)15-17-8-13-25-22-17/h3-8,13,16H,9-12,14-15H2,1-2H3,(H,20,21). The van der Waals surface area contributed by atoms with Crippen LogP contribution in [0, 0.1) is 0 Å². The smallest absolute Gasteiger partial charge is 0.193 e. The molecule has 1 unspecified atom stereocenters. The predicted octanol–water partition coefficient (Wildman–Crippen LogP) is 1.84. The molecule has 2 heterocycles. The van der Waals surface area contributed by atoms with Crippen LogP contribution in [0.25, 0.3) is 0 Å². The van der Waals surface area contributed by atoms with Crippen LogP contribution in [0.4, 0.5) is 0 Å². The molecule has 1 aliphatic heterocycles. The minimum Gasteiger partial charge on any atom is -0.489 e. The van der Waals surface area contributed by atoms with Crippen LogP contribution in [0.15, 0.2) is 52.2 Å². The summed E-state index contributed by atoms with van der Waals surface area (Å²) in [5.41, 5.74) is 0.979. The molecule has 0 amide bonds. The summed E-state index contributed by atoms with van der Waals surface area (Å²) in [5.74, 6) is 1.81. The maximum absolute atomic E-state index is 5.91. The first-order chi connectivity index (χ1) is 12.7. The van der Waals surface area contributed by atoms with Gasteiger partial charge in [0.2, 0.25) is 0 Å². The molecule has 0 bridgehead atoms. The molecule has 1 fully saturated rings. The zero-order chi connectivity index (χ0) is 18.2. The molecule has 0 saturated carbocycles. The van der Waals surface area contributed by atoms with E-state index in [1.165, 1.54) is 0 Å². The van der Waals surface area contributed by atoms with E-state index in [-0.39, 0.29) is 6.10 Å². The van der Waals surface area contributed by atoms with E-state index in [0.29, 0.717) is 6.54 Å². The highest BCUT2D eigenvalue weighted by atomic mass is 16.5. The maximum atomic E-state index is 5.91. The minimum absolute atomic E-state index is 0.0580. The Morgan fingerprint density at radius 1 is 1.23 bits per heavy atom. The number of nitrogens with zero attached hydrogens (tertiary/aromatic N) is 4. The lowest BCUT2D eigenvalue weighted by Crippen LogP contribution is -2.53. The molecule has 1 N–H and O–H groups in total. The van der Waals surface area contributed by atoms with E-state index in [1.807, 2.05) is 43.4 Å². The summed E-state index contributed by atoms with van der Waals surface area (Å²) < 4.78 is 10.8. The molecule has 0 radical (unpaired) electrons. The first kappa shape index (κ1) is 18.3. The van der Waals surface area contributed by atoms with Crippen LogP contribution < -0.4 is 10.1 Å². The van der Waals surface area contributed by atoms with Gasteiger partial charge in [0.25, 0.3) is 0 Å². The topological polar surface area (TPSA) is 66.1 Å². The fourth-order valence-corrected chi connectivity index (χ4v) is 3.01. The maximum Gasteiger partial charge on any atom is 0.193 e. The van der Waals surface area contributed by atoms with Crippen molar-refractivity contribution in [2.75, 3.05) is 39.8 Å². The Balaban J connectivity index is 1.41. The number of rotatable bonds is 6. The number of hydrogen-bond donors (Lipinski definition) is 1. The Kier molecular flexibility index (Phi) is 6.49. The van der Waals surface area contributed by atoms with E-state index < -0.39 is 0 Å². The van der Waals surface area contributed by atoms with Crippen LogP contribution in [0.3, 0.4) is 0 Å². The average Bonchev–Trinajstić information content (AvgIpc) is 3.17. The minimum atomic E-state index is 0.0580. The van der Waals surface area contributed by atoms with Crippen molar-refractivity contribution in [3.05, 3.63) is 48.4 Å². The first-order valence-electron chi connectivity index (χ1n) is 9.03. The van der Waals surface area contributed by atoms with Gasteiger partial charge in [-0.05, 0) is 19.1 Å². The quantitative estimate of drug-likeness (QED) is 0.629. The van der Waals surface area contributed by atoms with Crippen LogP contribution in [-0.2, 0) is 6.54 Å². The number of benzene rings is 1. The van der Waals surface area contributed by atoms with E-state index in [4.69, 9.17) is 9.26 Å². The van der Waals surface area contributed by atoms with Crippen molar-refractivity contribution < 1.29 is 9.26 Å². The summed E-state index contributed by atoms with van der Waals surface area (Å²) in [6.07, 6.45) is 1.68. The molecule has 2 aromatic rings. The molecule has 1 saturated heterocycles. The summed E-state index contributed by atoms with van der Waals surface area (Å²) in [4.78, 5) is 9.09. The molecule has 7 nitrogen and oxygen atoms in total. The third kappa shape index (κ3) is 5.23. The third-order valence-electron chi connectivity index (χ3n) is 4.39. The molecule has 26 heavy (non-hydrogen) atoms. The van der Waals surface area contributed by atoms with Gasteiger partial charge in [-0.3, -0.25) is 9.89 Å². The average molecular weight is 357 g/mol. The number of para-hydroxylation sites is 1. The van der Waals surface area contributed by atoms with Crippen LogP contribution in [0.5, 0.6) is 5.75 Å². The summed E-state index contributed by atoms with van der Waals surface area (Å²) in [7, 11) is 1.83. The molecule has 0 spiro atoms. The molecule has 1 aromatic carbocycles. The van der Waals surface area contributed by atoms with Crippen LogP contribution in [-0.4, -0.2) is 66.8 Å². The Bertz CT molecular complexity index is 667. The second-order valence-corrected chi connectivity index (χ2v) is 6.42. The number of aromatic nitrogens is 1. The van der Waals surface area contributed by atoms with Crippen LogP contribution in [0.2, 0.25) is 0 Å². The molecule has 140 valence electrons. The lowest BCUT2D eigenvalue weighted by atomic mass is 10.3. The number of nitrogens with one attached hydrogen (secondary N) is 1. The SMILES string of the molecule is CN=C(NCC(C)Oc1ccccc1)N1CCN(Cc2ccon2)CC1. The Hall–Kier alpha value is -2.54. The second-order valence-electron chi connectivity index (χ2n) is 6.42. The van der Waals surface area contributed by atoms with Crippen molar-refractivity contribution in [1.82, 2.24) is 20.3 Å². The molecule has 7 heteroatoms. The van der Waals surface area contributed by atoms with E-state index in [1.54, 1.807) is 6.26 Å². The third-order valence-corrected chi connectivity index (χ3v) is 4.39. The highest BCUT2D eigenvalue weighted by molar-refractivity contribution is 5.80. The second kappa shape index (κ2) is 9.24. The summed E-state index contributed by atoms with van der Waals surface area (Å²) >= 11 is 0. The summed E-state index contributed by atoms with van der Waals surface area (Å²) in [6.45, 7) is 7.42. The Morgan fingerprint density at radius 3 is 2.65 bits per heavy atom. The van der Waals surface area contributed by atoms with Crippen molar-refractivity contribution in [3.63, 3.8) is 0 Å². The molecule has 3 rings (SSSR count). The van der Waals surface area contributed by atoms with Gasteiger partial charge in [-0.1, -0.05) is 23.4 Å². The lowest BCUT2D eigenvalue weighted by Gasteiger charge is -2.36. The molecule has 1 aromatic heterocycles. The van der Waals surface area contributed by atoms with Gasteiger partial charge >= 0.3 is 0 Å². The van der Waals surface area contributed by atoms with E-state index in [0.717, 1.165) is 50.1 Å². The van der Waals surface area contributed by atoms with Crippen molar-refractivity contribution >= 4 is 5.96 Å². The number of ether oxygens (including phenoxy) is 1. The van der Waals surface area contributed by atoms with Gasteiger partial charge in [-0.25, -0.2) is 0 Å². The van der Waals surface area contributed by atoms with E-state index in [2.05, 4.69) is 32.2 Å². The van der Waals surface area contributed by atoms with E-state index in [9.17, 15) is 0 Å². The fraction of sp³-hybridized carbons (Fsp3) is 0.474. The Labute approximate surface area is 154 Å². The predicted molar refractivity (Wildman–Crippen MR) is 101 cm³/mol. The zero-order valence-corrected chi connectivity index (χ0v) is 15.5. The highest BCUT2D eigenvalue weighted by Crippen LogP contribution is 2.11. The first-order valence-corrected chi connectivity index (χ1v) is 9.03. The number of guanidine groups is 1. The van der Waals surface area contributed by atoms with Crippen molar-refractivity contribution in [2.45, 2.75) is 19.6 Å². The summed E-state index contributed by atoms with van der Waals surface area (Å²) in [6, 6.07) is 11.8. The normalized spacial score (nSPS) is 17.2. The monoisotopic (exact) mass is 357 g/mol. The van der Waals surface area contributed by atoms with Gasteiger partial charge in [-0.15, -0.1) is 0 Å². The lowest BCUT2D eigenvalue weighted by molar-refractivity contribution is 0.167. The van der Waals surface area contributed by atoms with Gasteiger partial charge in [0.1, 0.15) is 18.1 Å². The number of piperazine rings is 1. The number of hydrogen-bond acceptors (Lipinski definition) is 5. The van der Waals surface area contributed by atoms with Gasteiger partial charge < -0.3 is 19.5 Å². The van der Waals surface area contributed by atoms with E-state index >= 15 is 0 Å². The largest absolute Gasteiger partial charge is 0.489 e. The molecule has 1 atom stereocenters. The molecular formula is C19H27N5O2. The van der Waals surface area contributed by atoms with Crippen molar-refractivity contribution in [3.8, 4) is 5.75 Å².